The topological polar surface area (TPSA) is 74.8 Å². The van der Waals surface area contributed by atoms with Gasteiger partial charge in [-0.3, -0.25) is 0 Å². The molecule has 86 valence electrons. The summed E-state index contributed by atoms with van der Waals surface area (Å²) >= 11 is 0. The Morgan fingerprint density at radius 2 is 2.20 bits per heavy atom. The third-order valence-corrected chi connectivity index (χ3v) is 3.67. The van der Waals surface area contributed by atoms with Gasteiger partial charge >= 0.3 is 0 Å². The van der Waals surface area contributed by atoms with Gasteiger partial charge in [0.25, 0.3) is 10.0 Å². The van der Waals surface area contributed by atoms with E-state index in [9.17, 15) is 8.42 Å². The first kappa shape index (κ1) is 12.2. The van der Waals surface area contributed by atoms with E-state index in [-0.39, 0.29) is 5.03 Å². The third kappa shape index (κ3) is 3.32. The number of imidazole rings is 1. The molecule has 0 unspecified atom stereocenters. The second-order valence-electron chi connectivity index (χ2n) is 4.16. The van der Waals surface area contributed by atoms with Crippen molar-refractivity contribution in [1.29, 1.82) is 0 Å². The predicted molar refractivity (Wildman–Crippen MR) is 57.9 cm³/mol. The number of rotatable bonds is 5. The lowest BCUT2D eigenvalue weighted by atomic mass is 10.0. The number of aromatic amines is 1. The van der Waals surface area contributed by atoms with Crippen LogP contribution >= 0.6 is 0 Å². The minimum atomic E-state index is -3.46. The number of H-pyrrole nitrogens is 1. The van der Waals surface area contributed by atoms with Gasteiger partial charge in [-0.1, -0.05) is 13.3 Å². The van der Waals surface area contributed by atoms with E-state index in [4.69, 9.17) is 0 Å². The average Bonchev–Trinajstić information content (AvgIpc) is 2.52. The summed E-state index contributed by atoms with van der Waals surface area (Å²) in [5, 5.41) is 0.103. The van der Waals surface area contributed by atoms with Gasteiger partial charge in [-0.05, 0) is 20.3 Å². The van der Waals surface area contributed by atoms with Crippen molar-refractivity contribution in [2.24, 2.45) is 0 Å². The maximum atomic E-state index is 11.8. The molecule has 0 radical (unpaired) electrons. The van der Waals surface area contributed by atoms with Crippen molar-refractivity contribution in [3.05, 3.63) is 12.5 Å². The fourth-order valence-corrected chi connectivity index (χ4v) is 2.83. The molecule has 1 aromatic rings. The van der Waals surface area contributed by atoms with Gasteiger partial charge in [-0.25, -0.2) is 18.1 Å². The van der Waals surface area contributed by atoms with E-state index >= 15 is 0 Å². The van der Waals surface area contributed by atoms with Gasteiger partial charge in [0, 0.05) is 5.54 Å². The zero-order valence-electron chi connectivity index (χ0n) is 9.24. The maximum Gasteiger partial charge on any atom is 0.258 e. The Bertz CT molecular complexity index is 395. The first-order valence-corrected chi connectivity index (χ1v) is 6.38. The van der Waals surface area contributed by atoms with E-state index in [2.05, 4.69) is 14.7 Å². The molecule has 1 rings (SSSR count). The molecule has 0 saturated heterocycles. The van der Waals surface area contributed by atoms with Crippen LogP contribution in [0.1, 0.15) is 33.6 Å². The molecule has 0 aromatic carbocycles. The van der Waals surface area contributed by atoms with Crippen molar-refractivity contribution in [2.75, 3.05) is 0 Å². The van der Waals surface area contributed by atoms with E-state index in [0.29, 0.717) is 0 Å². The number of nitrogens with one attached hydrogen (secondary N) is 2. The van der Waals surface area contributed by atoms with Crippen LogP contribution in [-0.4, -0.2) is 23.9 Å². The maximum absolute atomic E-state index is 11.8. The highest BCUT2D eigenvalue weighted by Crippen LogP contribution is 2.15. The molecular formula is C9H17N3O2S. The van der Waals surface area contributed by atoms with E-state index in [1.54, 1.807) is 0 Å². The molecular weight excluding hydrogens is 214 g/mol. The molecule has 5 nitrogen and oxygen atoms in total. The normalized spacial score (nSPS) is 13.0. The second-order valence-corrected chi connectivity index (χ2v) is 5.81. The van der Waals surface area contributed by atoms with Gasteiger partial charge < -0.3 is 4.98 Å². The summed E-state index contributed by atoms with van der Waals surface area (Å²) in [6.07, 6.45) is 4.37. The fourth-order valence-electron chi connectivity index (χ4n) is 1.48. The summed E-state index contributed by atoms with van der Waals surface area (Å²) in [4.78, 5) is 6.27. The van der Waals surface area contributed by atoms with E-state index in [1.165, 1.54) is 12.5 Å². The summed E-state index contributed by atoms with van der Waals surface area (Å²) in [6, 6.07) is 0. The summed E-state index contributed by atoms with van der Waals surface area (Å²) in [7, 11) is -3.46. The largest absolute Gasteiger partial charge is 0.335 e. The third-order valence-electron chi connectivity index (χ3n) is 2.05. The predicted octanol–water partition coefficient (Wildman–Crippen LogP) is 1.27. The lowest BCUT2D eigenvalue weighted by Crippen LogP contribution is -2.43. The number of aromatic nitrogens is 2. The van der Waals surface area contributed by atoms with Gasteiger partial charge in [0.1, 0.15) is 0 Å². The first-order valence-electron chi connectivity index (χ1n) is 4.90. The lowest BCUT2D eigenvalue weighted by molar-refractivity contribution is 0.417. The second kappa shape index (κ2) is 4.32. The molecule has 0 atom stereocenters. The fraction of sp³-hybridized carbons (Fsp3) is 0.667. The van der Waals surface area contributed by atoms with Gasteiger partial charge in [-0.15, -0.1) is 0 Å². The monoisotopic (exact) mass is 231 g/mol. The Hall–Kier alpha value is -0.880. The Balaban J connectivity index is 2.82. The standard InChI is InChI=1S/C9H17N3O2S/c1-4-5-9(2,3)12-15(13,14)8-6-10-7-11-8/h6-7,12H,4-5H2,1-3H3,(H,10,11). The lowest BCUT2D eigenvalue weighted by Gasteiger charge is -2.24. The van der Waals surface area contributed by atoms with Crippen molar-refractivity contribution in [2.45, 2.75) is 44.2 Å². The van der Waals surface area contributed by atoms with Gasteiger partial charge in [0.2, 0.25) is 0 Å². The number of sulfonamides is 1. The van der Waals surface area contributed by atoms with Crippen LogP contribution in [0.25, 0.3) is 0 Å². The Morgan fingerprint density at radius 3 is 2.67 bits per heavy atom. The summed E-state index contributed by atoms with van der Waals surface area (Å²) in [6.45, 7) is 5.75. The molecule has 0 bridgehead atoms. The molecule has 6 heteroatoms. The Morgan fingerprint density at radius 1 is 1.53 bits per heavy atom. The summed E-state index contributed by atoms with van der Waals surface area (Å²) in [5.74, 6) is 0. The van der Waals surface area contributed by atoms with E-state index < -0.39 is 15.6 Å². The van der Waals surface area contributed by atoms with Crippen molar-refractivity contribution < 1.29 is 8.42 Å². The van der Waals surface area contributed by atoms with E-state index in [0.717, 1.165) is 12.8 Å². The van der Waals surface area contributed by atoms with Crippen LogP contribution in [0.5, 0.6) is 0 Å². The van der Waals surface area contributed by atoms with Gasteiger partial charge in [0.05, 0.1) is 12.5 Å². The number of hydrogen-bond donors (Lipinski definition) is 2. The van der Waals surface area contributed by atoms with Crippen molar-refractivity contribution in [3.8, 4) is 0 Å². The molecule has 0 saturated carbocycles. The quantitative estimate of drug-likeness (QED) is 0.801. The Labute approximate surface area is 90.4 Å². The molecule has 0 amide bonds. The van der Waals surface area contributed by atoms with Crippen molar-refractivity contribution >= 4 is 10.0 Å². The van der Waals surface area contributed by atoms with Crippen LogP contribution in [-0.2, 0) is 10.0 Å². The van der Waals surface area contributed by atoms with Crippen LogP contribution in [0.15, 0.2) is 17.6 Å². The molecule has 15 heavy (non-hydrogen) atoms. The SMILES string of the molecule is CCCC(C)(C)NS(=O)(=O)c1cnc[nH]1. The highest BCUT2D eigenvalue weighted by molar-refractivity contribution is 7.89. The minimum Gasteiger partial charge on any atom is -0.335 e. The van der Waals surface area contributed by atoms with Crippen LogP contribution in [0, 0.1) is 0 Å². The molecule has 0 spiro atoms. The van der Waals surface area contributed by atoms with Crippen molar-refractivity contribution in [3.63, 3.8) is 0 Å². The van der Waals surface area contributed by atoms with Crippen molar-refractivity contribution in [1.82, 2.24) is 14.7 Å². The smallest absolute Gasteiger partial charge is 0.258 e. The summed E-state index contributed by atoms with van der Waals surface area (Å²) < 4.78 is 26.2. The van der Waals surface area contributed by atoms with Gasteiger partial charge in [0.15, 0.2) is 5.03 Å². The zero-order chi connectivity index (χ0) is 11.5. The molecule has 1 heterocycles. The molecule has 1 aromatic heterocycles. The van der Waals surface area contributed by atoms with Crippen LogP contribution in [0.4, 0.5) is 0 Å². The Kier molecular flexibility index (Phi) is 3.51. The van der Waals surface area contributed by atoms with Crippen LogP contribution < -0.4 is 4.72 Å². The molecule has 0 aliphatic heterocycles. The molecule has 2 N–H and O–H groups in total. The van der Waals surface area contributed by atoms with Crippen LogP contribution in [0.2, 0.25) is 0 Å². The van der Waals surface area contributed by atoms with E-state index in [1.807, 2.05) is 20.8 Å². The minimum absolute atomic E-state index is 0.103. The highest BCUT2D eigenvalue weighted by Gasteiger charge is 2.25. The van der Waals surface area contributed by atoms with Crippen LogP contribution in [0.3, 0.4) is 0 Å². The molecule has 0 aliphatic rings. The number of nitrogens with zero attached hydrogens (tertiary/aromatic N) is 1. The zero-order valence-corrected chi connectivity index (χ0v) is 10.1. The van der Waals surface area contributed by atoms with Gasteiger partial charge in [-0.2, -0.15) is 0 Å². The molecule has 0 aliphatic carbocycles. The highest BCUT2D eigenvalue weighted by atomic mass is 32.2. The molecule has 0 fully saturated rings. The first-order chi connectivity index (χ1) is 6.87. The number of hydrogen-bond acceptors (Lipinski definition) is 3. The average molecular weight is 231 g/mol. The summed E-state index contributed by atoms with van der Waals surface area (Å²) in [5.41, 5.74) is -0.432.